The van der Waals surface area contributed by atoms with Crippen LogP contribution in [0, 0.1) is 5.92 Å². The Morgan fingerprint density at radius 3 is 2.69 bits per heavy atom. The molecule has 6 heteroatoms. The van der Waals surface area contributed by atoms with Crippen molar-refractivity contribution >= 4 is 11.9 Å². The minimum atomic E-state index is -0.0689. The maximum atomic E-state index is 11.7. The summed E-state index contributed by atoms with van der Waals surface area (Å²) in [5, 5.41) is 18.4. The zero-order valence-corrected chi connectivity index (χ0v) is 16.3. The average Bonchev–Trinajstić information content (AvgIpc) is 2.66. The van der Waals surface area contributed by atoms with Crippen molar-refractivity contribution in [3.8, 4) is 0 Å². The highest BCUT2D eigenvalue weighted by molar-refractivity contribution is 5.94. The first-order valence-corrected chi connectivity index (χ1v) is 9.58. The molecule has 0 heterocycles. The van der Waals surface area contributed by atoms with Crippen molar-refractivity contribution in [2.45, 2.75) is 39.5 Å². The van der Waals surface area contributed by atoms with Crippen molar-refractivity contribution in [2.24, 2.45) is 10.9 Å². The number of aliphatic hydroxyl groups is 1. The van der Waals surface area contributed by atoms with Crippen LogP contribution in [0.3, 0.4) is 0 Å². The first kappa shape index (κ1) is 22.0. The van der Waals surface area contributed by atoms with Crippen molar-refractivity contribution in [1.29, 1.82) is 0 Å². The molecule has 0 aliphatic rings. The van der Waals surface area contributed by atoms with E-state index in [4.69, 9.17) is 0 Å². The standard InChI is InChI=1S/C20H34N4O2/c1-4-7-17(11-13-25)15-24-20(22-5-2)23-12-10-16-8-6-9-18(14-16)19(26)21-3/h6,8-9,14,17,25H,4-5,7,10-13,15H2,1-3H3,(H,21,26)(H2,22,23,24). The van der Waals surface area contributed by atoms with Crippen molar-refractivity contribution in [2.75, 3.05) is 33.3 Å². The Morgan fingerprint density at radius 2 is 2.04 bits per heavy atom. The molecule has 0 aromatic heterocycles. The van der Waals surface area contributed by atoms with Crippen LogP contribution in [-0.2, 0) is 6.42 Å². The van der Waals surface area contributed by atoms with Crippen molar-refractivity contribution in [3.05, 3.63) is 35.4 Å². The number of aliphatic imine (C=N–C) groups is 1. The summed E-state index contributed by atoms with van der Waals surface area (Å²) in [6.45, 7) is 6.67. The molecule has 26 heavy (non-hydrogen) atoms. The number of benzene rings is 1. The SMILES string of the molecule is CCCC(CCO)CN=C(NCC)NCCc1cccc(C(=O)NC)c1. The number of carbonyl (C=O) groups is 1. The third kappa shape index (κ3) is 8.34. The fourth-order valence-electron chi connectivity index (χ4n) is 2.82. The third-order valence-electron chi connectivity index (χ3n) is 4.21. The summed E-state index contributed by atoms with van der Waals surface area (Å²) < 4.78 is 0. The molecule has 1 rings (SSSR count). The number of rotatable bonds is 11. The van der Waals surface area contributed by atoms with Crippen LogP contribution in [0.1, 0.15) is 49.0 Å². The van der Waals surface area contributed by atoms with E-state index in [9.17, 15) is 9.90 Å². The van der Waals surface area contributed by atoms with Crippen molar-refractivity contribution in [1.82, 2.24) is 16.0 Å². The van der Waals surface area contributed by atoms with Crippen LogP contribution in [0.5, 0.6) is 0 Å². The number of aliphatic hydroxyl groups excluding tert-OH is 1. The number of guanidine groups is 1. The molecule has 146 valence electrons. The fourth-order valence-corrected chi connectivity index (χ4v) is 2.82. The molecule has 0 bridgehead atoms. The summed E-state index contributed by atoms with van der Waals surface area (Å²) in [5.41, 5.74) is 1.79. The number of hydrogen-bond donors (Lipinski definition) is 4. The zero-order valence-electron chi connectivity index (χ0n) is 16.3. The Bertz CT molecular complexity index is 554. The van der Waals surface area contributed by atoms with Gasteiger partial charge in [-0.15, -0.1) is 0 Å². The van der Waals surface area contributed by atoms with Gasteiger partial charge in [0.1, 0.15) is 0 Å². The smallest absolute Gasteiger partial charge is 0.251 e. The van der Waals surface area contributed by atoms with Crippen LogP contribution in [0.15, 0.2) is 29.3 Å². The predicted molar refractivity (Wildman–Crippen MR) is 108 cm³/mol. The molecule has 6 nitrogen and oxygen atoms in total. The zero-order chi connectivity index (χ0) is 19.2. The van der Waals surface area contributed by atoms with Crippen LogP contribution in [0.25, 0.3) is 0 Å². The molecule has 1 aromatic rings. The molecule has 1 amide bonds. The van der Waals surface area contributed by atoms with Crippen LogP contribution in [0.2, 0.25) is 0 Å². The molecule has 0 spiro atoms. The van der Waals surface area contributed by atoms with Gasteiger partial charge < -0.3 is 21.1 Å². The summed E-state index contributed by atoms with van der Waals surface area (Å²) in [6.07, 6.45) is 3.79. The summed E-state index contributed by atoms with van der Waals surface area (Å²) >= 11 is 0. The summed E-state index contributed by atoms with van der Waals surface area (Å²) in [6, 6.07) is 7.67. The predicted octanol–water partition coefficient (Wildman–Crippen LogP) is 1.94. The largest absolute Gasteiger partial charge is 0.396 e. The highest BCUT2D eigenvalue weighted by Crippen LogP contribution is 2.11. The van der Waals surface area contributed by atoms with Crippen molar-refractivity contribution < 1.29 is 9.90 Å². The van der Waals surface area contributed by atoms with Crippen molar-refractivity contribution in [3.63, 3.8) is 0 Å². The van der Waals surface area contributed by atoms with Crippen LogP contribution in [-0.4, -0.2) is 50.3 Å². The molecule has 0 radical (unpaired) electrons. The van der Waals surface area contributed by atoms with E-state index < -0.39 is 0 Å². The van der Waals surface area contributed by atoms with Crippen LogP contribution in [0.4, 0.5) is 0 Å². The van der Waals surface area contributed by atoms with Gasteiger partial charge in [0.05, 0.1) is 0 Å². The highest BCUT2D eigenvalue weighted by atomic mass is 16.3. The molecule has 0 saturated carbocycles. The van der Waals surface area contributed by atoms with Gasteiger partial charge in [-0.1, -0.05) is 25.5 Å². The highest BCUT2D eigenvalue weighted by Gasteiger charge is 2.08. The number of hydrogen-bond acceptors (Lipinski definition) is 3. The number of amides is 1. The molecular formula is C20H34N4O2. The Kier molecular flexibility index (Phi) is 11.1. The number of nitrogens with one attached hydrogen (secondary N) is 3. The number of nitrogens with zero attached hydrogens (tertiary/aromatic N) is 1. The number of carbonyl (C=O) groups excluding carboxylic acids is 1. The van der Waals surface area contributed by atoms with E-state index in [-0.39, 0.29) is 12.5 Å². The molecule has 1 aromatic carbocycles. The van der Waals surface area contributed by atoms with Gasteiger partial charge in [0.25, 0.3) is 5.91 Å². The van der Waals surface area contributed by atoms with Gasteiger partial charge in [0.2, 0.25) is 0 Å². The lowest BCUT2D eigenvalue weighted by atomic mass is 10.0. The molecule has 1 unspecified atom stereocenters. The summed E-state index contributed by atoms with van der Waals surface area (Å²) in [5.74, 6) is 1.15. The van der Waals surface area contributed by atoms with Gasteiger partial charge in [0.15, 0.2) is 5.96 Å². The fraction of sp³-hybridized carbons (Fsp3) is 0.600. The Labute approximate surface area is 157 Å². The van der Waals surface area contributed by atoms with Gasteiger partial charge in [-0.2, -0.15) is 0 Å². The monoisotopic (exact) mass is 362 g/mol. The second-order valence-corrected chi connectivity index (χ2v) is 6.34. The second-order valence-electron chi connectivity index (χ2n) is 6.34. The quantitative estimate of drug-likeness (QED) is 0.358. The molecule has 0 aliphatic heterocycles. The Balaban J connectivity index is 2.57. The van der Waals surface area contributed by atoms with E-state index in [2.05, 4.69) is 27.9 Å². The second kappa shape index (κ2) is 13.2. The van der Waals surface area contributed by atoms with E-state index in [1.165, 1.54) is 0 Å². The Hall–Kier alpha value is -2.08. The van der Waals surface area contributed by atoms with Gasteiger partial charge in [-0.25, -0.2) is 0 Å². The normalized spacial score (nSPS) is 12.5. The molecule has 0 saturated heterocycles. The van der Waals surface area contributed by atoms with E-state index in [0.717, 1.165) is 56.8 Å². The van der Waals surface area contributed by atoms with Crippen LogP contribution < -0.4 is 16.0 Å². The van der Waals surface area contributed by atoms with Gasteiger partial charge in [-0.05, 0) is 49.8 Å². The molecule has 0 aliphatic carbocycles. The van der Waals surface area contributed by atoms with E-state index in [0.29, 0.717) is 11.5 Å². The lowest BCUT2D eigenvalue weighted by Crippen LogP contribution is -2.38. The molecule has 1 atom stereocenters. The Morgan fingerprint density at radius 1 is 1.23 bits per heavy atom. The first-order valence-electron chi connectivity index (χ1n) is 9.58. The van der Waals surface area contributed by atoms with Gasteiger partial charge in [0, 0.05) is 38.9 Å². The molecular weight excluding hydrogens is 328 g/mol. The molecule has 0 fully saturated rings. The third-order valence-corrected chi connectivity index (χ3v) is 4.21. The van der Waals surface area contributed by atoms with Crippen LogP contribution >= 0.6 is 0 Å². The van der Waals surface area contributed by atoms with E-state index in [1.807, 2.05) is 31.2 Å². The maximum absolute atomic E-state index is 11.7. The van der Waals surface area contributed by atoms with E-state index >= 15 is 0 Å². The lowest BCUT2D eigenvalue weighted by molar-refractivity contribution is 0.0963. The minimum Gasteiger partial charge on any atom is -0.396 e. The minimum absolute atomic E-state index is 0.0689. The summed E-state index contributed by atoms with van der Waals surface area (Å²) in [7, 11) is 1.64. The van der Waals surface area contributed by atoms with Gasteiger partial charge >= 0.3 is 0 Å². The van der Waals surface area contributed by atoms with Gasteiger partial charge in [-0.3, -0.25) is 9.79 Å². The molecule has 4 N–H and O–H groups in total. The maximum Gasteiger partial charge on any atom is 0.251 e. The topological polar surface area (TPSA) is 85.8 Å². The van der Waals surface area contributed by atoms with E-state index in [1.54, 1.807) is 7.05 Å². The average molecular weight is 363 g/mol. The first-order chi connectivity index (χ1) is 12.6. The lowest BCUT2D eigenvalue weighted by Gasteiger charge is -2.15. The summed E-state index contributed by atoms with van der Waals surface area (Å²) in [4.78, 5) is 16.4.